The van der Waals surface area contributed by atoms with Crippen LogP contribution in [0.5, 0.6) is 0 Å². The summed E-state index contributed by atoms with van der Waals surface area (Å²) in [5, 5.41) is 10.6. The minimum atomic E-state index is -0.854. The van der Waals surface area contributed by atoms with Crippen molar-refractivity contribution in [1.82, 2.24) is 0 Å². The highest BCUT2D eigenvalue weighted by molar-refractivity contribution is 5.67. The second-order valence-electron chi connectivity index (χ2n) is 19.2. The van der Waals surface area contributed by atoms with Crippen molar-refractivity contribution in [3.05, 3.63) is 0 Å². The summed E-state index contributed by atoms with van der Waals surface area (Å²) in [6, 6.07) is 0. The van der Waals surface area contributed by atoms with Gasteiger partial charge in [0.05, 0.1) is 27.2 Å². The van der Waals surface area contributed by atoms with Gasteiger partial charge in [-0.3, -0.25) is 0 Å². The third-order valence-electron chi connectivity index (χ3n) is 12.5. The lowest BCUT2D eigenvalue weighted by Crippen LogP contribution is -2.41. The van der Waals surface area contributed by atoms with Crippen molar-refractivity contribution in [2.24, 2.45) is 17.3 Å². The summed E-state index contributed by atoms with van der Waals surface area (Å²) in [6.45, 7) is 14.1. The Hall–Kier alpha value is -0.570. The van der Waals surface area contributed by atoms with Crippen molar-refractivity contribution in [2.75, 3.05) is 27.2 Å². The van der Waals surface area contributed by atoms with E-state index in [0.29, 0.717) is 11.3 Å². The van der Waals surface area contributed by atoms with E-state index in [4.69, 9.17) is 0 Å². The highest BCUT2D eigenvalue weighted by atomic mass is 16.4. The standard InChI is InChI=1S/C38H80N.C11H20O2/c1-5-7-9-11-13-15-17-19-21-23-25-27-29-31-33-35-37-39(3,4)38-36-34-32-30-28-26-24-22-20-18-16-14-12-10-8-6-2;1-11(2,3)9-6-4-8(5-7-9)10(12)13/h5-38H2,1-4H3;8-9H,4-7H2,1-3H3,(H,12,13)/q+1;/p-1. The van der Waals surface area contributed by atoms with E-state index in [2.05, 4.69) is 48.7 Å². The number of carboxylic acid groups (broad SMARTS) is 1. The van der Waals surface area contributed by atoms with E-state index in [0.717, 1.165) is 25.7 Å². The smallest absolute Gasteiger partial charge is 0.0782 e. The number of unbranched alkanes of at least 4 members (excludes halogenated alkanes) is 30. The number of carbonyl (C=O) groups excluding carboxylic acids is 1. The fourth-order valence-electron chi connectivity index (χ4n) is 8.48. The number of aliphatic carboxylic acids is 1. The van der Waals surface area contributed by atoms with Gasteiger partial charge >= 0.3 is 0 Å². The van der Waals surface area contributed by atoms with Crippen LogP contribution in [0.4, 0.5) is 0 Å². The summed E-state index contributed by atoms with van der Waals surface area (Å²) < 4.78 is 1.25. The fraction of sp³-hybridized carbons (Fsp3) is 0.980. The van der Waals surface area contributed by atoms with Crippen molar-refractivity contribution in [2.45, 2.75) is 266 Å². The molecule has 0 bridgehead atoms. The molecule has 1 rings (SSSR count). The molecule has 52 heavy (non-hydrogen) atoms. The molecule has 0 aliphatic heterocycles. The van der Waals surface area contributed by atoms with Gasteiger partial charge in [-0.1, -0.05) is 214 Å². The number of carboxylic acids is 1. The SMILES string of the molecule is CC(C)(C)C1CCC(C(=O)[O-])CC1.CCCCCCCCCCCCCCCCCC[N+](C)(C)CCCCCCCCCCCCCCCCCC. The van der Waals surface area contributed by atoms with Gasteiger partial charge < -0.3 is 14.4 Å². The molecule has 0 spiro atoms. The molecule has 3 heteroatoms. The molecule has 1 fully saturated rings. The summed E-state index contributed by atoms with van der Waals surface area (Å²) >= 11 is 0. The predicted octanol–water partition coefficient (Wildman–Crippen LogP) is 15.2. The molecule has 1 aliphatic carbocycles. The van der Waals surface area contributed by atoms with Crippen molar-refractivity contribution < 1.29 is 14.4 Å². The summed E-state index contributed by atoms with van der Waals surface area (Å²) in [5.41, 5.74) is 0.330. The summed E-state index contributed by atoms with van der Waals surface area (Å²) in [6.07, 6.45) is 50.6. The van der Waals surface area contributed by atoms with Crippen LogP contribution in [0.2, 0.25) is 0 Å². The quantitative estimate of drug-likeness (QED) is 0.0481. The Balaban J connectivity index is 0.00000166. The van der Waals surface area contributed by atoms with Gasteiger partial charge in [0.25, 0.3) is 0 Å². The molecular weight excluding hydrogens is 635 g/mol. The summed E-state index contributed by atoms with van der Waals surface area (Å²) in [7, 11) is 4.94. The minimum absolute atomic E-state index is 0.182. The Morgan fingerprint density at radius 2 is 0.673 bits per heavy atom. The van der Waals surface area contributed by atoms with Gasteiger partial charge in [-0.15, -0.1) is 0 Å². The highest BCUT2D eigenvalue weighted by Crippen LogP contribution is 2.39. The average molecular weight is 734 g/mol. The molecule has 0 unspecified atom stereocenters. The van der Waals surface area contributed by atoms with Crippen molar-refractivity contribution in [3.63, 3.8) is 0 Å². The Morgan fingerprint density at radius 3 is 0.885 bits per heavy atom. The zero-order chi connectivity index (χ0) is 38.6. The molecule has 0 amide bonds. The Labute approximate surface area is 329 Å². The van der Waals surface area contributed by atoms with E-state index in [9.17, 15) is 9.90 Å². The minimum Gasteiger partial charge on any atom is -0.550 e. The van der Waals surface area contributed by atoms with Gasteiger partial charge in [0, 0.05) is 5.97 Å². The van der Waals surface area contributed by atoms with Gasteiger partial charge in [0.15, 0.2) is 0 Å². The molecule has 0 saturated heterocycles. The van der Waals surface area contributed by atoms with Gasteiger partial charge in [-0.05, 0) is 68.6 Å². The molecule has 0 radical (unpaired) electrons. The largest absolute Gasteiger partial charge is 0.550 e. The van der Waals surface area contributed by atoms with Crippen molar-refractivity contribution in [1.29, 1.82) is 0 Å². The molecule has 0 aromatic carbocycles. The van der Waals surface area contributed by atoms with Gasteiger partial charge in [0.1, 0.15) is 0 Å². The van der Waals surface area contributed by atoms with Crippen LogP contribution in [-0.4, -0.2) is 37.6 Å². The fourth-order valence-corrected chi connectivity index (χ4v) is 8.48. The zero-order valence-corrected chi connectivity index (χ0v) is 37.3. The zero-order valence-electron chi connectivity index (χ0n) is 37.3. The van der Waals surface area contributed by atoms with Crippen LogP contribution in [0.25, 0.3) is 0 Å². The monoisotopic (exact) mass is 734 g/mol. The average Bonchev–Trinajstić information content (AvgIpc) is 3.11. The molecule has 0 N–H and O–H groups in total. The number of rotatable bonds is 35. The van der Waals surface area contributed by atoms with E-state index < -0.39 is 5.97 Å². The number of carbonyl (C=O) groups is 1. The van der Waals surface area contributed by atoms with Crippen LogP contribution in [-0.2, 0) is 4.79 Å². The first-order valence-electron chi connectivity index (χ1n) is 24.1. The molecule has 312 valence electrons. The first-order chi connectivity index (χ1) is 25.0. The molecule has 0 aromatic heterocycles. The number of quaternary nitrogens is 1. The van der Waals surface area contributed by atoms with Gasteiger partial charge in [-0.25, -0.2) is 0 Å². The second-order valence-corrected chi connectivity index (χ2v) is 19.2. The Bertz CT molecular complexity index is 694. The lowest BCUT2D eigenvalue weighted by atomic mass is 9.70. The predicted molar refractivity (Wildman–Crippen MR) is 231 cm³/mol. The van der Waals surface area contributed by atoms with Gasteiger partial charge in [-0.2, -0.15) is 0 Å². The molecule has 0 atom stereocenters. The number of hydrogen-bond donors (Lipinski definition) is 0. The molecule has 0 heterocycles. The van der Waals surface area contributed by atoms with Crippen LogP contribution in [0.15, 0.2) is 0 Å². The highest BCUT2D eigenvalue weighted by Gasteiger charge is 2.29. The molecular formula is C49H99NO2. The van der Waals surface area contributed by atoms with E-state index in [1.54, 1.807) is 0 Å². The lowest BCUT2D eigenvalue weighted by molar-refractivity contribution is -0.890. The topological polar surface area (TPSA) is 40.1 Å². The summed E-state index contributed by atoms with van der Waals surface area (Å²) in [5.74, 6) is -0.353. The molecule has 0 aromatic rings. The maximum absolute atomic E-state index is 10.6. The Kier molecular flexibility index (Phi) is 35.7. The number of hydrogen-bond acceptors (Lipinski definition) is 2. The number of nitrogens with zero attached hydrogens (tertiary/aromatic N) is 1. The Morgan fingerprint density at radius 1 is 0.442 bits per heavy atom. The molecule has 1 aliphatic rings. The third-order valence-corrected chi connectivity index (χ3v) is 12.5. The van der Waals surface area contributed by atoms with Crippen LogP contribution in [0, 0.1) is 17.3 Å². The molecule has 1 saturated carbocycles. The first kappa shape index (κ1) is 51.4. The van der Waals surface area contributed by atoms with Crippen LogP contribution in [0.3, 0.4) is 0 Å². The van der Waals surface area contributed by atoms with E-state index in [-0.39, 0.29) is 5.92 Å². The normalized spacial score (nSPS) is 16.5. The second kappa shape index (κ2) is 36.1. The third kappa shape index (κ3) is 35.2. The maximum atomic E-state index is 10.6. The van der Waals surface area contributed by atoms with Gasteiger partial charge in [0.2, 0.25) is 0 Å². The van der Waals surface area contributed by atoms with E-state index in [1.807, 2.05) is 0 Å². The van der Waals surface area contributed by atoms with Crippen molar-refractivity contribution in [3.8, 4) is 0 Å². The van der Waals surface area contributed by atoms with E-state index >= 15 is 0 Å². The van der Waals surface area contributed by atoms with Crippen LogP contribution < -0.4 is 5.11 Å². The van der Waals surface area contributed by atoms with Crippen molar-refractivity contribution >= 4 is 5.97 Å². The molecule has 3 nitrogen and oxygen atoms in total. The summed E-state index contributed by atoms with van der Waals surface area (Å²) in [4.78, 5) is 10.6. The lowest BCUT2D eigenvalue weighted by Gasteiger charge is -2.37. The van der Waals surface area contributed by atoms with E-state index in [1.165, 1.54) is 223 Å². The maximum Gasteiger partial charge on any atom is 0.0782 e. The van der Waals surface area contributed by atoms with Crippen LogP contribution >= 0.6 is 0 Å². The van der Waals surface area contributed by atoms with Crippen LogP contribution in [0.1, 0.15) is 266 Å². The first-order valence-corrected chi connectivity index (χ1v) is 24.1.